The molecule has 0 saturated heterocycles. The average Bonchev–Trinajstić information content (AvgIpc) is 3.40. The van der Waals surface area contributed by atoms with Crippen LogP contribution >= 0.6 is 22.7 Å². The summed E-state index contributed by atoms with van der Waals surface area (Å²) in [6.07, 6.45) is 4.12. The number of amides is 1. The molecule has 1 aromatic carbocycles. The molecule has 0 aliphatic heterocycles. The van der Waals surface area contributed by atoms with E-state index in [9.17, 15) is 14.0 Å². The summed E-state index contributed by atoms with van der Waals surface area (Å²) < 4.78 is 14.3. The first kappa shape index (κ1) is 20.1. The lowest BCUT2D eigenvalue weighted by molar-refractivity contribution is 0.0722. The van der Waals surface area contributed by atoms with Crippen molar-refractivity contribution in [3.8, 4) is 0 Å². The van der Waals surface area contributed by atoms with Crippen molar-refractivity contribution in [1.29, 1.82) is 0 Å². The molecule has 158 valence electrons. The van der Waals surface area contributed by atoms with Gasteiger partial charge >= 0.3 is 0 Å². The number of benzene rings is 1. The number of nitrogens with one attached hydrogen (secondary N) is 1. The summed E-state index contributed by atoms with van der Waals surface area (Å²) in [5.74, 6) is -0.580. The Bertz CT molecular complexity index is 1310. The van der Waals surface area contributed by atoms with E-state index in [4.69, 9.17) is 0 Å². The van der Waals surface area contributed by atoms with Crippen molar-refractivity contribution < 1.29 is 9.18 Å². The number of H-pyrrole nitrogens is 1. The topological polar surface area (TPSA) is 66.1 Å². The number of carbonyl (C=O) groups is 1. The summed E-state index contributed by atoms with van der Waals surface area (Å²) in [6, 6.07) is 9.79. The number of thiophene rings is 2. The predicted octanol–water partition coefficient (Wildman–Crippen LogP) is 4.91. The number of aromatic amines is 1. The Labute approximate surface area is 186 Å². The molecule has 1 amide bonds. The van der Waals surface area contributed by atoms with Crippen LogP contribution in [0.5, 0.6) is 0 Å². The van der Waals surface area contributed by atoms with Crippen molar-refractivity contribution in [1.82, 2.24) is 14.9 Å². The quantitative estimate of drug-likeness (QED) is 0.467. The zero-order valence-electron chi connectivity index (χ0n) is 16.7. The fourth-order valence-electron chi connectivity index (χ4n) is 4.06. The van der Waals surface area contributed by atoms with E-state index in [2.05, 4.69) is 9.97 Å². The zero-order valence-corrected chi connectivity index (χ0v) is 18.3. The average molecular weight is 454 g/mol. The second-order valence-corrected chi connectivity index (χ2v) is 9.74. The minimum Gasteiger partial charge on any atom is -0.326 e. The number of rotatable bonds is 5. The molecule has 0 radical (unpaired) electrons. The highest BCUT2D eigenvalue weighted by Crippen LogP contribution is 2.33. The van der Waals surface area contributed by atoms with E-state index in [1.807, 2.05) is 17.5 Å². The highest BCUT2D eigenvalue weighted by atomic mass is 32.1. The number of hydrogen-bond donors (Lipinski definition) is 1. The third kappa shape index (κ3) is 3.93. The van der Waals surface area contributed by atoms with E-state index in [0.29, 0.717) is 17.8 Å². The highest BCUT2D eigenvalue weighted by Gasteiger charge is 2.23. The minimum absolute atomic E-state index is 0.00840. The Hall–Kier alpha value is -2.84. The number of nitrogens with zero attached hydrogens (tertiary/aromatic N) is 2. The molecule has 0 unspecified atom stereocenters. The van der Waals surface area contributed by atoms with Crippen LogP contribution in [0.1, 0.15) is 44.3 Å². The smallest absolute Gasteiger partial charge is 0.259 e. The molecule has 5 rings (SSSR count). The molecule has 8 heteroatoms. The van der Waals surface area contributed by atoms with E-state index < -0.39 is 11.7 Å². The fourth-order valence-corrected chi connectivity index (χ4v) is 6.06. The number of hydrogen-bond acceptors (Lipinski definition) is 5. The molecular formula is C23H20FN3O2S2. The summed E-state index contributed by atoms with van der Waals surface area (Å²) in [5.41, 5.74) is 0.979. The zero-order chi connectivity index (χ0) is 21.4. The van der Waals surface area contributed by atoms with Gasteiger partial charge in [-0.3, -0.25) is 9.59 Å². The van der Waals surface area contributed by atoms with Crippen LogP contribution in [0.15, 0.2) is 46.6 Å². The third-order valence-electron chi connectivity index (χ3n) is 5.53. The molecular weight excluding hydrogens is 433 g/mol. The molecule has 0 saturated carbocycles. The van der Waals surface area contributed by atoms with E-state index in [-0.39, 0.29) is 17.7 Å². The van der Waals surface area contributed by atoms with Gasteiger partial charge in [-0.15, -0.1) is 22.7 Å². The maximum absolute atomic E-state index is 14.3. The van der Waals surface area contributed by atoms with Crippen LogP contribution in [-0.2, 0) is 25.9 Å². The van der Waals surface area contributed by atoms with Crippen LogP contribution in [0.4, 0.5) is 4.39 Å². The first-order chi connectivity index (χ1) is 15.1. The lowest BCUT2D eigenvalue weighted by atomic mass is 9.97. The maximum Gasteiger partial charge on any atom is 0.259 e. The van der Waals surface area contributed by atoms with E-state index in [1.54, 1.807) is 23.5 Å². The minimum atomic E-state index is -0.563. The molecule has 3 aromatic heterocycles. The standard InChI is InChI=1S/C23H20FN3O2S2/c24-17-9-3-1-7-15(17)23(29)27(12-14-6-5-11-30-14)13-19-25-21(28)20-16-8-2-4-10-18(16)31-22(20)26-19/h1,3,5-7,9,11H,2,4,8,10,12-13H2,(H,25,26,28). The highest BCUT2D eigenvalue weighted by molar-refractivity contribution is 7.18. The molecule has 0 bridgehead atoms. The summed E-state index contributed by atoms with van der Waals surface area (Å²) in [7, 11) is 0. The fraction of sp³-hybridized carbons (Fsp3) is 0.261. The van der Waals surface area contributed by atoms with Gasteiger partial charge in [0.2, 0.25) is 0 Å². The molecule has 31 heavy (non-hydrogen) atoms. The molecule has 4 aromatic rings. The van der Waals surface area contributed by atoms with Gasteiger partial charge in [0.15, 0.2) is 0 Å². The third-order valence-corrected chi connectivity index (χ3v) is 7.58. The second-order valence-electron chi connectivity index (χ2n) is 7.62. The van der Waals surface area contributed by atoms with Gasteiger partial charge in [0.25, 0.3) is 11.5 Å². The van der Waals surface area contributed by atoms with Crippen LogP contribution in [0, 0.1) is 5.82 Å². The maximum atomic E-state index is 14.3. The predicted molar refractivity (Wildman–Crippen MR) is 121 cm³/mol. The van der Waals surface area contributed by atoms with Crippen LogP contribution < -0.4 is 5.56 Å². The van der Waals surface area contributed by atoms with Gasteiger partial charge in [0.1, 0.15) is 16.5 Å². The number of fused-ring (bicyclic) bond motifs is 3. The van der Waals surface area contributed by atoms with Crippen molar-refractivity contribution in [3.63, 3.8) is 0 Å². The van der Waals surface area contributed by atoms with Gasteiger partial charge in [-0.2, -0.15) is 0 Å². The van der Waals surface area contributed by atoms with Gasteiger partial charge < -0.3 is 9.88 Å². The first-order valence-electron chi connectivity index (χ1n) is 10.2. The van der Waals surface area contributed by atoms with Crippen LogP contribution in [0.25, 0.3) is 10.2 Å². The van der Waals surface area contributed by atoms with Gasteiger partial charge in [0, 0.05) is 9.75 Å². The van der Waals surface area contributed by atoms with E-state index in [1.165, 1.54) is 33.2 Å². The van der Waals surface area contributed by atoms with Crippen LogP contribution in [0.3, 0.4) is 0 Å². The van der Waals surface area contributed by atoms with Gasteiger partial charge in [-0.25, -0.2) is 9.37 Å². The first-order valence-corrected chi connectivity index (χ1v) is 11.9. The normalized spacial score (nSPS) is 13.3. The monoisotopic (exact) mass is 453 g/mol. The van der Waals surface area contributed by atoms with Gasteiger partial charge in [-0.1, -0.05) is 18.2 Å². The van der Waals surface area contributed by atoms with Gasteiger partial charge in [0.05, 0.1) is 24.0 Å². The van der Waals surface area contributed by atoms with Crippen molar-refractivity contribution in [2.75, 3.05) is 0 Å². The molecule has 0 spiro atoms. The summed E-state index contributed by atoms with van der Waals surface area (Å²) in [4.78, 5) is 38.1. The Morgan fingerprint density at radius 3 is 2.77 bits per heavy atom. The lowest BCUT2D eigenvalue weighted by Crippen LogP contribution is -2.32. The SMILES string of the molecule is O=C(c1ccccc1F)N(Cc1nc2sc3c(c2c(=O)[nH]1)CCCC3)Cc1cccs1. The van der Waals surface area contributed by atoms with Crippen LogP contribution in [0.2, 0.25) is 0 Å². The van der Waals surface area contributed by atoms with Gasteiger partial charge in [-0.05, 0) is 54.8 Å². The number of aryl methyl sites for hydroxylation is 2. The van der Waals surface area contributed by atoms with Crippen LogP contribution in [-0.4, -0.2) is 20.8 Å². The van der Waals surface area contributed by atoms with Crippen molar-refractivity contribution in [2.24, 2.45) is 0 Å². The number of halogens is 1. The molecule has 5 nitrogen and oxygen atoms in total. The van der Waals surface area contributed by atoms with Crippen molar-refractivity contribution >= 4 is 38.8 Å². The lowest BCUT2D eigenvalue weighted by Gasteiger charge is -2.22. The Morgan fingerprint density at radius 1 is 1.13 bits per heavy atom. The van der Waals surface area contributed by atoms with E-state index >= 15 is 0 Å². The molecule has 0 atom stereocenters. The summed E-state index contributed by atoms with van der Waals surface area (Å²) >= 11 is 3.10. The number of carbonyl (C=O) groups excluding carboxylic acids is 1. The number of aromatic nitrogens is 2. The van der Waals surface area contributed by atoms with Crippen molar-refractivity contribution in [2.45, 2.75) is 38.8 Å². The molecule has 1 aliphatic carbocycles. The largest absolute Gasteiger partial charge is 0.326 e. The molecule has 1 N–H and O–H groups in total. The summed E-state index contributed by atoms with van der Waals surface area (Å²) in [5, 5.41) is 2.62. The van der Waals surface area contributed by atoms with Crippen molar-refractivity contribution in [3.05, 3.63) is 84.7 Å². The Morgan fingerprint density at radius 2 is 1.97 bits per heavy atom. The molecule has 0 fully saturated rings. The molecule has 1 aliphatic rings. The second kappa shape index (κ2) is 8.36. The Kier molecular flexibility index (Phi) is 5.41. The van der Waals surface area contributed by atoms with E-state index in [0.717, 1.165) is 41.0 Å². The molecule has 3 heterocycles. The Balaban J connectivity index is 1.51. The summed E-state index contributed by atoms with van der Waals surface area (Å²) in [6.45, 7) is 0.409.